The summed E-state index contributed by atoms with van der Waals surface area (Å²) < 4.78 is 0. The van der Waals surface area contributed by atoms with E-state index in [2.05, 4.69) is 106 Å². The highest BCUT2D eigenvalue weighted by Crippen LogP contribution is 2.55. The van der Waals surface area contributed by atoms with E-state index in [0.29, 0.717) is 0 Å². The Balaban J connectivity index is 2.29. The van der Waals surface area contributed by atoms with Gasteiger partial charge in [0, 0.05) is 5.41 Å². The fourth-order valence-corrected chi connectivity index (χ4v) is 5.16. The van der Waals surface area contributed by atoms with Crippen LogP contribution in [-0.2, 0) is 16.2 Å². The summed E-state index contributed by atoms with van der Waals surface area (Å²) in [4.78, 5) is 0. The van der Waals surface area contributed by atoms with Crippen molar-refractivity contribution in [1.29, 1.82) is 0 Å². The average molecular weight is 419 g/mol. The standard InChI is InChI=1S/C31H46/c1-21(2)15-17-31(18-16-22(3)4)27-19-23(29(5,6)7)11-13-25(27)26-14-12-24(20-28(26)31)30(8,9)10/h11-14,19-22H,15-18H2,1-10H3. The first-order chi connectivity index (χ1) is 14.3. The SMILES string of the molecule is CC(C)CCC1(CCC(C)C)c2cc(C(C)(C)C)ccc2-c2ccc(C(C)(C)C)cc21. The predicted octanol–water partition coefficient (Wildman–Crippen LogP) is 9.42. The van der Waals surface area contributed by atoms with E-state index in [1.807, 2.05) is 0 Å². The van der Waals surface area contributed by atoms with E-state index in [1.165, 1.54) is 47.9 Å². The van der Waals surface area contributed by atoms with Crippen LogP contribution in [0.4, 0.5) is 0 Å². The van der Waals surface area contributed by atoms with Crippen molar-refractivity contribution in [3.8, 4) is 11.1 Å². The van der Waals surface area contributed by atoms with Crippen LogP contribution in [0.5, 0.6) is 0 Å². The van der Waals surface area contributed by atoms with E-state index in [-0.39, 0.29) is 16.2 Å². The van der Waals surface area contributed by atoms with Crippen LogP contribution in [0.1, 0.15) is 117 Å². The van der Waals surface area contributed by atoms with Gasteiger partial charge in [-0.15, -0.1) is 0 Å². The van der Waals surface area contributed by atoms with Crippen molar-refractivity contribution in [2.45, 2.75) is 111 Å². The van der Waals surface area contributed by atoms with E-state index >= 15 is 0 Å². The normalized spacial score (nSPS) is 15.5. The van der Waals surface area contributed by atoms with Gasteiger partial charge in [-0.2, -0.15) is 0 Å². The number of rotatable bonds is 6. The van der Waals surface area contributed by atoms with Gasteiger partial charge in [-0.3, -0.25) is 0 Å². The van der Waals surface area contributed by atoms with Crippen LogP contribution < -0.4 is 0 Å². The molecule has 31 heavy (non-hydrogen) atoms. The molecule has 0 N–H and O–H groups in total. The first kappa shape index (κ1) is 24.1. The first-order valence-corrected chi connectivity index (χ1v) is 12.6. The van der Waals surface area contributed by atoms with Crippen LogP contribution in [0.25, 0.3) is 11.1 Å². The maximum Gasteiger partial charge on any atom is 0.0215 e. The highest BCUT2D eigenvalue weighted by molar-refractivity contribution is 5.82. The van der Waals surface area contributed by atoms with E-state index in [1.54, 1.807) is 11.1 Å². The molecule has 0 saturated carbocycles. The van der Waals surface area contributed by atoms with Crippen molar-refractivity contribution in [3.05, 3.63) is 58.7 Å². The zero-order valence-electron chi connectivity index (χ0n) is 21.9. The van der Waals surface area contributed by atoms with E-state index in [4.69, 9.17) is 0 Å². The third-order valence-electron chi connectivity index (χ3n) is 7.39. The Hall–Kier alpha value is -1.56. The lowest BCUT2D eigenvalue weighted by Gasteiger charge is -2.35. The van der Waals surface area contributed by atoms with Gasteiger partial charge in [0.2, 0.25) is 0 Å². The van der Waals surface area contributed by atoms with Gasteiger partial charge < -0.3 is 0 Å². The second-order valence-electron chi connectivity index (χ2n) is 13.0. The molecule has 0 aliphatic heterocycles. The first-order valence-electron chi connectivity index (χ1n) is 12.6. The maximum absolute atomic E-state index is 2.58. The number of fused-ring (bicyclic) bond motifs is 3. The fraction of sp³-hybridized carbons (Fsp3) is 0.613. The lowest BCUT2D eigenvalue weighted by atomic mass is 9.68. The molecule has 0 heteroatoms. The quantitative estimate of drug-likeness (QED) is 0.438. The highest BCUT2D eigenvalue weighted by atomic mass is 14.5. The van der Waals surface area contributed by atoms with E-state index < -0.39 is 0 Å². The summed E-state index contributed by atoms with van der Waals surface area (Å²) >= 11 is 0. The van der Waals surface area contributed by atoms with Crippen LogP contribution in [0.15, 0.2) is 36.4 Å². The lowest BCUT2D eigenvalue weighted by molar-refractivity contribution is 0.363. The van der Waals surface area contributed by atoms with Crippen LogP contribution >= 0.6 is 0 Å². The Morgan fingerprint density at radius 2 is 0.968 bits per heavy atom. The molecule has 0 fully saturated rings. The molecule has 1 aliphatic rings. The summed E-state index contributed by atoms with van der Waals surface area (Å²) in [6.45, 7) is 23.6. The van der Waals surface area contributed by atoms with Gasteiger partial charge in [-0.1, -0.05) is 106 Å². The van der Waals surface area contributed by atoms with Gasteiger partial charge in [0.15, 0.2) is 0 Å². The lowest BCUT2D eigenvalue weighted by Crippen LogP contribution is -2.28. The molecule has 2 aromatic carbocycles. The Bertz CT molecular complexity index is 835. The molecule has 0 spiro atoms. The number of hydrogen-bond donors (Lipinski definition) is 0. The summed E-state index contributed by atoms with van der Waals surface area (Å²) in [6.07, 6.45) is 5.05. The van der Waals surface area contributed by atoms with Crippen molar-refractivity contribution >= 4 is 0 Å². The minimum atomic E-state index is 0.141. The highest BCUT2D eigenvalue weighted by Gasteiger charge is 2.43. The van der Waals surface area contributed by atoms with Gasteiger partial charge in [0.1, 0.15) is 0 Å². The van der Waals surface area contributed by atoms with Gasteiger partial charge in [-0.05, 0) is 81.7 Å². The van der Waals surface area contributed by atoms with Gasteiger partial charge in [0.25, 0.3) is 0 Å². The topological polar surface area (TPSA) is 0 Å². The summed E-state index contributed by atoms with van der Waals surface area (Å²) in [5.41, 5.74) is 9.57. The third kappa shape index (κ3) is 4.79. The molecule has 0 radical (unpaired) electrons. The molecule has 0 nitrogen and oxygen atoms in total. The zero-order valence-corrected chi connectivity index (χ0v) is 21.9. The Morgan fingerprint density at radius 3 is 1.26 bits per heavy atom. The van der Waals surface area contributed by atoms with E-state index in [0.717, 1.165) is 11.8 Å². The predicted molar refractivity (Wildman–Crippen MR) is 138 cm³/mol. The second kappa shape index (κ2) is 8.42. The fourth-order valence-electron chi connectivity index (χ4n) is 5.16. The Labute approximate surface area is 192 Å². The largest absolute Gasteiger partial charge is 0.0628 e. The third-order valence-corrected chi connectivity index (χ3v) is 7.39. The molecule has 3 rings (SSSR count). The van der Waals surface area contributed by atoms with Gasteiger partial charge in [0.05, 0.1) is 0 Å². The van der Waals surface area contributed by atoms with Crippen molar-refractivity contribution in [3.63, 3.8) is 0 Å². The molecule has 0 atom stereocenters. The summed E-state index contributed by atoms with van der Waals surface area (Å²) in [6, 6.07) is 14.8. The minimum Gasteiger partial charge on any atom is -0.0628 e. The summed E-state index contributed by atoms with van der Waals surface area (Å²) in [5, 5.41) is 0. The minimum absolute atomic E-state index is 0.141. The number of hydrogen-bond acceptors (Lipinski definition) is 0. The maximum atomic E-state index is 2.58. The summed E-state index contributed by atoms with van der Waals surface area (Å²) in [7, 11) is 0. The van der Waals surface area contributed by atoms with Gasteiger partial charge in [-0.25, -0.2) is 0 Å². The molecule has 0 saturated heterocycles. The molecule has 1 aliphatic carbocycles. The molecule has 0 bridgehead atoms. The molecule has 0 unspecified atom stereocenters. The zero-order chi connectivity index (χ0) is 23.2. The van der Waals surface area contributed by atoms with Crippen LogP contribution in [0.3, 0.4) is 0 Å². The molecule has 2 aromatic rings. The molecule has 0 heterocycles. The monoisotopic (exact) mass is 418 g/mol. The number of benzene rings is 2. The van der Waals surface area contributed by atoms with Crippen LogP contribution in [0, 0.1) is 11.8 Å². The Kier molecular flexibility index (Phi) is 6.54. The molecule has 0 aromatic heterocycles. The van der Waals surface area contributed by atoms with E-state index in [9.17, 15) is 0 Å². The molecular formula is C31H46. The Morgan fingerprint density at radius 1 is 0.613 bits per heavy atom. The molecular weight excluding hydrogens is 372 g/mol. The van der Waals surface area contributed by atoms with Crippen molar-refractivity contribution < 1.29 is 0 Å². The van der Waals surface area contributed by atoms with Crippen molar-refractivity contribution in [2.24, 2.45) is 11.8 Å². The van der Waals surface area contributed by atoms with Crippen LogP contribution in [0.2, 0.25) is 0 Å². The van der Waals surface area contributed by atoms with Gasteiger partial charge >= 0.3 is 0 Å². The van der Waals surface area contributed by atoms with Crippen molar-refractivity contribution in [2.75, 3.05) is 0 Å². The van der Waals surface area contributed by atoms with Crippen LogP contribution in [-0.4, -0.2) is 0 Å². The molecule has 170 valence electrons. The van der Waals surface area contributed by atoms with Crippen molar-refractivity contribution in [1.82, 2.24) is 0 Å². The smallest absolute Gasteiger partial charge is 0.0215 e. The summed E-state index contributed by atoms with van der Waals surface area (Å²) in [5.74, 6) is 1.44. The average Bonchev–Trinajstić information content (AvgIpc) is 2.92. The molecule has 0 amide bonds. The second-order valence-corrected chi connectivity index (χ2v) is 13.0.